The fourth-order valence-electron chi connectivity index (χ4n) is 4.33. The van der Waals surface area contributed by atoms with Gasteiger partial charge >= 0.3 is 5.97 Å². The number of aromatic carboxylic acids is 1. The first-order valence-corrected chi connectivity index (χ1v) is 10.8. The summed E-state index contributed by atoms with van der Waals surface area (Å²) in [4.78, 5) is 11.6. The summed E-state index contributed by atoms with van der Waals surface area (Å²) in [6.07, 6.45) is 3.65. The number of carbonyl (C=O) groups is 1. The number of carboxylic acids is 1. The lowest BCUT2D eigenvalue weighted by Crippen LogP contribution is -2.47. The van der Waals surface area contributed by atoms with Crippen LogP contribution in [-0.4, -0.2) is 29.8 Å². The van der Waals surface area contributed by atoms with Gasteiger partial charge in [-0.1, -0.05) is 30.5 Å². The van der Waals surface area contributed by atoms with Crippen molar-refractivity contribution in [3.63, 3.8) is 0 Å². The van der Waals surface area contributed by atoms with Crippen LogP contribution in [0, 0.1) is 0 Å². The number of nitrogens with zero attached hydrogens (tertiary/aromatic N) is 1. The van der Waals surface area contributed by atoms with Gasteiger partial charge < -0.3 is 5.11 Å². The number of carboxylic acid groups (broad SMARTS) is 1. The molecule has 0 radical (unpaired) electrons. The van der Waals surface area contributed by atoms with Gasteiger partial charge in [-0.05, 0) is 60.4 Å². The first kappa shape index (κ1) is 18.5. The van der Waals surface area contributed by atoms with Gasteiger partial charge in [0, 0.05) is 23.5 Å². The van der Waals surface area contributed by atoms with Crippen LogP contribution in [0.1, 0.15) is 53.1 Å². The number of rotatable bonds is 3. The zero-order valence-electron chi connectivity index (χ0n) is 14.6. The van der Waals surface area contributed by atoms with Gasteiger partial charge in [-0.15, -0.1) is 0 Å². The van der Waals surface area contributed by atoms with Crippen LogP contribution < -0.4 is 0 Å². The Bertz CT molecular complexity index is 988. The van der Waals surface area contributed by atoms with E-state index < -0.39 is 16.0 Å². The predicted molar refractivity (Wildman–Crippen MR) is 103 cm³/mol. The second-order valence-corrected chi connectivity index (χ2v) is 9.51. The van der Waals surface area contributed by atoms with Gasteiger partial charge in [-0.2, -0.15) is 4.31 Å². The quantitative estimate of drug-likeness (QED) is 0.827. The molecule has 27 heavy (non-hydrogen) atoms. The van der Waals surface area contributed by atoms with E-state index >= 15 is 0 Å². The molecule has 7 heteroatoms. The monoisotopic (exact) mass is 405 g/mol. The summed E-state index contributed by atoms with van der Waals surface area (Å²) >= 11 is 5.91. The zero-order valence-corrected chi connectivity index (χ0v) is 16.2. The molecule has 0 bridgehead atoms. The molecule has 1 aliphatic heterocycles. The van der Waals surface area contributed by atoms with Gasteiger partial charge in [-0.25, -0.2) is 13.2 Å². The smallest absolute Gasteiger partial charge is 0.335 e. The first-order chi connectivity index (χ1) is 12.9. The summed E-state index contributed by atoms with van der Waals surface area (Å²) in [5.41, 5.74) is 2.13. The Morgan fingerprint density at radius 1 is 1.07 bits per heavy atom. The molecule has 2 aromatic carbocycles. The van der Waals surface area contributed by atoms with Crippen LogP contribution in [0.4, 0.5) is 0 Å². The van der Waals surface area contributed by atoms with E-state index in [4.69, 9.17) is 11.6 Å². The molecular weight excluding hydrogens is 386 g/mol. The van der Waals surface area contributed by atoms with Crippen molar-refractivity contribution in [3.05, 3.63) is 64.2 Å². The molecule has 0 spiro atoms. The SMILES string of the molecule is O=C(O)c1ccc2c(c1)C1CCCCC1N(S(=O)(=O)c1ccc(Cl)cc1)C2. The Labute approximate surface area is 163 Å². The highest BCUT2D eigenvalue weighted by atomic mass is 35.5. The van der Waals surface area contributed by atoms with Crippen molar-refractivity contribution < 1.29 is 18.3 Å². The highest BCUT2D eigenvalue weighted by Crippen LogP contribution is 2.44. The molecule has 5 nitrogen and oxygen atoms in total. The minimum absolute atomic E-state index is 0.0314. The van der Waals surface area contributed by atoms with Gasteiger partial charge in [0.05, 0.1) is 10.5 Å². The van der Waals surface area contributed by atoms with E-state index in [1.807, 2.05) is 0 Å². The van der Waals surface area contributed by atoms with Crippen molar-refractivity contribution in [2.45, 2.75) is 49.1 Å². The van der Waals surface area contributed by atoms with E-state index in [1.165, 1.54) is 0 Å². The first-order valence-electron chi connectivity index (χ1n) is 9.01. The molecule has 2 aliphatic rings. The predicted octanol–water partition coefficient (Wildman–Crippen LogP) is 4.27. The highest BCUT2D eigenvalue weighted by molar-refractivity contribution is 7.89. The van der Waals surface area contributed by atoms with Crippen LogP contribution in [0.15, 0.2) is 47.4 Å². The van der Waals surface area contributed by atoms with E-state index in [9.17, 15) is 18.3 Å². The zero-order chi connectivity index (χ0) is 19.2. The summed E-state index contributed by atoms with van der Waals surface area (Å²) < 4.78 is 28.3. The van der Waals surface area contributed by atoms with Crippen LogP contribution in [-0.2, 0) is 16.6 Å². The van der Waals surface area contributed by atoms with E-state index in [1.54, 1.807) is 46.8 Å². The molecule has 2 atom stereocenters. The van der Waals surface area contributed by atoms with Gasteiger partial charge in [0.25, 0.3) is 0 Å². The Morgan fingerprint density at radius 3 is 2.48 bits per heavy atom. The standard InChI is InChI=1S/C20H20ClNO4S/c21-15-7-9-16(10-8-15)27(25,26)22-12-14-6-5-13(20(23)24)11-18(14)17-3-1-2-4-19(17)22/h5-11,17,19H,1-4,12H2,(H,23,24). The Morgan fingerprint density at radius 2 is 1.78 bits per heavy atom. The van der Waals surface area contributed by atoms with E-state index in [0.29, 0.717) is 5.02 Å². The molecule has 0 aromatic heterocycles. The second kappa shape index (κ2) is 6.93. The molecule has 0 amide bonds. The lowest BCUT2D eigenvalue weighted by molar-refractivity contribution is 0.0696. The summed E-state index contributed by atoms with van der Waals surface area (Å²) in [5, 5.41) is 9.81. The fourth-order valence-corrected chi connectivity index (χ4v) is 6.12. The third-order valence-corrected chi connectivity index (χ3v) is 7.78. The highest BCUT2D eigenvalue weighted by Gasteiger charge is 2.42. The van der Waals surface area contributed by atoms with E-state index in [2.05, 4.69) is 0 Å². The summed E-state index contributed by atoms with van der Waals surface area (Å²) in [7, 11) is -3.66. The number of sulfonamides is 1. The lowest BCUT2D eigenvalue weighted by atomic mass is 9.75. The average molecular weight is 406 g/mol. The minimum atomic E-state index is -3.66. The molecule has 0 saturated heterocycles. The third-order valence-electron chi connectivity index (χ3n) is 5.64. The van der Waals surface area contributed by atoms with Gasteiger partial charge in [0.2, 0.25) is 10.0 Å². The molecule has 4 rings (SSSR count). The maximum atomic E-state index is 13.3. The molecule has 1 fully saturated rings. The number of hydrogen-bond donors (Lipinski definition) is 1. The van der Waals surface area contributed by atoms with Gasteiger partial charge in [0.1, 0.15) is 0 Å². The van der Waals surface area contributed by atoms with Crippen molar-refractivity contribution in [1.29, 1.82) is 0 Å². The lowest BCUT2D eigenvalue weighted by Gasteiger charge is -2.44. The van der Waals surface area contributed by atoms with Crippen LogP contribution in [0.5, 0.6) is 0 Å². The van der Waals surface area contributed by atoms with Crippen LogP contribution in [0.25, 0.3) is 0 Å². The third kappa shape index (κ3) is 3.26. The number of benzene rings is 2. The number of halogens is 1. The Balaban J connectivity index is 1.79. The van der Waals surface area contributed by atoms with Crippen molar-refractivity contribution >= 4 is 27.6 Å². The normalized spacial score (nSPS) is 22.7. The van der Waals surface area contributed by atoms with Crippen molar-refractivity contribution in [1.82, 2.24) is 4.31 Å². The summed E-state index contributed by atoms with van der Waals surface area (Å²) in [6.45, 7) is 0.265. The van der Waals surface area contributed by atoms with Crippen molar-refractivity contribution in [3.8, 4) is 0 Å². The molecule has 2 unspecified atom stereocenters. The van der Waals surface area contributed by atoms with Gasteiger partial charge in [0.15, 0.2) is 0 Å². The Hall–Kier alpha value is -1.89. The van der Waals surface area contributed by atoms with Crippen LogP contribution >= 0.6 is 11.6 Å². The summed E-state index contributed by atoms with van der Waals surface area (Å²) in [6, 6.07) is 11.2. The maximum Gasteiger partial charge on any atom is 0.335 e. The molecule has 1 heterocycles. The number of hydrogen-bond acceptors (Lipinski definition) is 3. The summed E-state index contributed by atoms with van der Waals surface area (Å²) in [5.74, 6) is -0.926. The number of fused-ring (bicyclic) bond motifs is 3. The van der Waals surface area contributed by atoms with Crippen LogP contribution in [0.2, 0.25) is 5.02 Å². The molecule has 142 valence electrons. The van der Waals surface area contributed by atoms with E-state index in [-0.39, 0.29) is 29.0 Å². The fraction of sp³-hybridized carbons (Fsp3) is 0.350. The molecule has 1 N–H and O–H groups in total. The van der Waals surface area contributed by atoms with Crippen molar-refractivity contribution in [2.24, 2.45) is 0 Å². The van der Waals surface area contributed by atoms with Crippen molar-refractivity contribution in [2.75, 3.05) is 0 Å². The van der Waals surface area contributed by atoms with Gasteiger partial charge in [-0.3, -0.25) is 0 Å². The topological polar surface area (TPSA) is 74.7 Å². The largest absolute Gasteiger partial charge is 0.478 e. The average Bonchev–Trinajstić information content (AvgIpc) is 2.67. The molecule has 1 aliphatic carbocycles. The molecule has 2 aromatic rings. The van der Waals surface area contributed by atoms with Crippen LogP contribution in [0.3, 0.4) is 0 Å². The molecule has 1 saturated carbocycles. The molecular formula is C20H20ClNO4S. The maximum absolute atomic E-state index is 13.3. The van der Waals surface area contributed by atoms with E-state index in [0.717, 1.165) is 36.8 Å². The minimum Gasteiger partial charge on any atom is -0.478 e. The Kier molecular flexibility index (Phi) is 4.74. The second-order valence-electron chi connectivity index (χ2n) is 7.18.